The highest BCUT2D eigenvalue weighted by Crippen LogP contribution is 2.11. The van der Waals surface area contributed by atoms with Gasteiger partial charge < -0.3 is 10.3 Å². The van der Waals surface area contributed by atoms with E-state index in [1.54, 1.807) is 49.4 Å². The number of nitrogens with one attached hydrogen (secondary N) is 1. The summed E-state index contributed by atoms with van der Waals surface area (Å²) in [6.45, 7) is 0. The largest absolute Gasteiger partial charge is 0.343 e. The van der Waals surface area contributed by atoms with Crippen LogP contribution in [0, 0.1) is 0 Å². The van der Waals surface area contributed by atoms with E-state index in [-0.39, 0.29) is 5.91 Å². The second kappa shape index (κ2) is 4.84. The molecule has 0 saturated carbocycles. The van der Waals surface area contributed by atoms with Gasteiger partial charge in [0.1, 0.15) is 5.82 Å². The number of nitrogens with two attached hydrogens (primary N) is 1. The normalized spacial score (nSPS) is 10.2. The lowest BCUT2D eigenvalue weighted by Gasteiger charge is -2.07. The van der Waals surface area contributed by atoms with Gasteiger partial charge in [-0.25, -0.2) is 15.5 Å². The van der Waals surface area contributed by atoms with Crippen molar-refractivity contribution in [2.45, 2.75) is 0 Å². The molecule has 2 heterocycles. The molecule has 7 nitrogen and oxygen atoms in total. The Morgan fingerprint density at radius 2 is 2.22 bits per heavy atom. The highest BCUT2D eigenvalue weighted by atomic mass is 16.2. The van der Waals surface area contributed by atoms with Crippen LogP contribution in [0.1, 0.15) is 10.5 Å². The van der Waals surface area contributed by atoms with Crippen molar-refractivity contribution in [1.82, 2.24) is 19.7 Å². The Balaban J connectivity index is 2.32. The number of nitrogens with zero attached hydrogens (tertiary/aromatic N) is 4. The van der Waals surface area contributed by atoms with Gasteiger partial charge in [-0.2, -0.15) is 5.10 Å². The number of aromatic nitrogens is 3. The lowest BCUT2D eigenvalue weighted by molar-refractivity contribution is 0.0821. The van der Waals surface area contributed by atoms with Crippen LogP contribution < -0.4 is 11.3 Å². The van der Waals surface area contributed by atoms with Crippen molar-refractivity contribution in [3.63, 3.8) is 0 Å². The highest BCUT2D eigenvalue weighted by molar-refractivity contribution is 5.91. The van der Waals surface area contributed by atoms with Crippen LogP contribution >= 0.6 is 0 Å². The number of carbonyl (C=O) groups excluding carboxylic acids is 1. The third kappa shape index (κ3) is 2.30. The van der Waals surface area contributed by atoms with E-state index in [1.165, 1.54) is 4.90 Å². The molecule has 7 heteroatoms. The van der Waals surface area contributed by atoms with Gasteiger partial charge >= 0.3 is 0 Å². The lowest BCUT2D eigenvalue weighted by Crippen LogP contribution is -2.22. The second-order valence-corrected chi connectivity index (χ2v) is 3.89. The Morgan fingerprint density at radius 3 is 2.89 bits per heavy atom. The summed E-state index contributed by atoms with van der Waals surface area (Å²) in [5.41, 5.74) is 3.62. The average molecular weight is 246 g/mol. The topological polar surface area (TPSA) is 89.1 Å². The number of anilines is 1. The van der Waals surface area contributed by atoms with Crippen molar-refractivity contribution >= 4 is 11.7 Å². The molecule has 2 rings (SSSR count). The molecule has 18 heavy (non-hydrogen) atoms. The molecule has 1 amide bonds. The molecule has 0 aliphatic heterocycles. The molecule has 2 aromatic rings. The van der Waals surface area contributed by atoms with Gasteiger partial charge in [0.15, 0.2) is 5.69 Å². The van der Waals surface area contributed by atoms with Crippen LogP contribution in [-0.2, 0) is 0 Å². The summed E-state index contributed by atoms with van der Waals surface area (Å²) in [5.74, 6) is 5.68. The fourth-order valence-electron chi connectivity index (χ4n) is 1.45. The molecule has 0 aliphatic rings. The number of hydrazine groups is 1. The molecule has 94 valence electrons. The summed E-state index contributed by atoms with van der Waals surface area (Å²) in [5, 5.41) is 4.21. The van der Waals surface area contributed by atoms with Crippen molar-refractivity contribution in [2.75, 3.05) is 19.5 Å². The van der Waals surface area contributed by atoms with Gasteiger partial charge in [-0.3, -0.25) is 4.79 Å². The van der Waals surface area contributed by atoms with E-state index >= 15 is 0 Å². The Morgan fingerprint density at radius 1 is 1.44 bits per heavy atom. The minimum absolute atomic E-state index is 0.139. The SMILES string of the molecule is CN(C)C(=O)c1ccn(-c2ccnc(NN)c2)n1. The van der Waals surface area contributed by atoms with Crippen molar-refractivity contribution < 1.29 is 4.79 Å². The first-order chi connectivity index (χ1) is 8.61. The van der Waals surface area contributed by atoms with Gasteiger partial charge in [-0.05, 0) is 12.1 Å². The lowest BCUT2D eigenvalue weighted by atomic mass is 10.4. The summed E-state index contributed by atoms with van der Waals surface area (Å²) in [4.78, 5) is 17.2. The van der Waals surface area contributed by atoms with Crippen molar-refractivity contribution in [3.05, 3.63) is 36.3 Å². The van der Waals surface area contributed by atoms with Gasteiger partial charge in [-0.1, -0.05) is 0 Å². The number of pyridine rings is 1. The van der Waals surface area contributed by atoms with E-state index in [0.717, 1.165) is 5.69 Å². The Bertz CT molecular complexity index is 562. The van der Waals surface area contributed by atoms with Gasteiger partial charge in [0, 0.05) is 32.6 Å². The number of hydrogen-bond acceptors (Lipinski definition) is 5. The standard InChI is InChI=1S/C11H14N6O/c1-16(2)11(18)9-4-6-17(15-9)8-3-5-13-10(7-8)14-12/h3-7H,12H2,1-2H3,(H,13,14). The Labute approximate surface area is 104 Å². The zero-order valence-corrected chi connectivity index (χ0v) is 10.2. The number of rotatable bonds is 3. The van der Waals surface area contributed by atoms with Crippen molar-refractivity contribution in [2.24, 2.45) is 5.84 Å². The van der Waals surface area contributed by atoms with Crippen molar-refractivity contribution in [3.8, 4) is 5.69 Å². The van der Waals surface area contributed by atoms with E-state index in [9.17, 15) is 4.79 Å². The second-order valence-electron chi connectivity index (χ2n) is 3.89. The van der Waals surface area contributed by atoms with Crippen LogP contribution in [0.25, 0.3) is 5.69 Å². The molecule has 0 spiro atoms. The molecule has 0 bridgehead atoms. The molecule has 0 saturated heterocycles. The highest BCUT2D eigenvalue weighted by Gasteiger charge is 2.11. The van der Waals surface area contributed by atoms with Crippen LogP contribution in [-0.4, -0.2) is 39.7 Å². The van der Waals surface area contributed by atoms with E-state index in [2.05, 4.69) is 15.5 Å². The number of amides is 1. The zero-order chi connectivity index (χ0) is 13.1. The number of hydrogen-bond donors (Lipinski definition) is 2. The maximum absolute atomic E-state index is 11.7. The third-order valence-corrected chi connectivity index (χ3v) is 2.37. The van der Waals surface area contributed by atoms with Crippen LogP contribution in [0.4, 0.5) is 5.82 Å². The maximum Gasteiger partial charge on any atom is 0.273 e. The molecule has 3 N–H and O–H groups in total. The van der Waals surface area contributed by atoms with Crippen LogP contribution in [0.15, 0.2) is 30.6 Å². The van der Waals surface area contributed by atoms with Crippen molar-refractivity contribution in [1.29, 1.82) is 0 Å². The number of nitrogen functional groups attached to an aromatic ring is 1. The Hall–Kier alpha value is -2.41. The maximum atomic E-state index is 11.7. The average Bonchev–Trinajstić information content (AvgIpc) is 2.87. The first kappa shape index (κ1) is 12.1. The molecule has 0 radical (unpaired) electrons. The molecule has 0 atom stereocenters. The molecule has 0 unspecified atom stereocenters. The van der Waals surface area contributed by atoms with Crippen LogP contribution in [0.3, 0.4) is 0 Å². The quantitative estimate of drug-likeness (QED) is 0.598. The van der Waals surface area contributed by atoms with Crippen LogP contribution in [0.5, 0.6) is 0 Å². The molecule has 0 aromatic carbocycles. The third-order valence-electron chi connectivity index (χ3n) is 2.37. The smallest absolute Gasteiger partial charge is 0.273 e. The minimum Gasteiger partial charge on any atom is -0.343 e. The van der Waals surface area contributed by atoms with E-state index in [0.29, 0.717) is 11.5 Å². The van der Waals surface area contributed by atoms with E-state index in [1.807, 2.05) is 0 Å². The number of carbonyl (C=O) groups is 1. The fraction of sp³-hybridized carbons (Fsp3) is 0.182. The summed E-state index contributed by atoms with van der Waals surface area (Å²) in [6.07, 6.45) is 3.33. The summed E-state index contributed by atoms with van der Waals surface area (Å²) >= 11 is 0. The zero-order valence-electron chi connectivity index (χ0n) is 10.2. The molecule has 0 fully saturated rings. The van der Waals surface area contributed by atoms with Gasteiger partial charge in [0.05, 0.1) is 5.69 Å². The summed E-state index contributed by atoms with van der Waals surface area (Å²) < 4.78 is 1.60. The van der Waals surface area contributed by atoms with Gasteiger partial charge in [0.25, 0.3) is 5.91 Å². The van der Waals surface area contributed by atoms with E-state index < -0.39 is 0 Å². The summed E-state index contributed by atoms with van der Waals surface area (Å²) in [7, 11) is 3.37. The Kier molecular flexibility index (Phi) is 3.24. The molecular weight excluding hydrogens is 232 g/mol. The predicted molar refractivity (Wildman–Crippen MR) is 67.2 cm³/mol. The van der Waals surface area contributed by atoms with E-state index in [4.69, 9.17) is 5.84 Å². The first-order valence-electron chi connectivity index (χ1n) is 5.32. The summed E-state index contributed by atoms with van der Waals surface area (Å²) in [6, 6.07) is 5.17. The van der Waals surface area contributed by atoms with Gasteiger partial charge in [0.2, 0.25) is 0 Å². The monoisotopic (exact) mass is 246 g/mol. The minimum atomic E-state index is -0.139. The molecule has 0 aliphatic carbocycles. The molecule has 2 aromatic heterocycles. The van der Waals surface area contributed by atoms with Crippen LogP contribution in [0.2, 0.25) is 0 Å². The fourth-order valence-corrected chi connectivity index (χ4v) is 1.45. The molecular formula is C11H14N6O. The first-order valence-corrected chi connectivity index (χ1v) is 5.32. The van der Waals surface area contributed by atoms with Gasteiger partial charge in [-0.15, -0.1) is 0 Å². The predicted octanol–water partition coefficient (Wildman–Crippen LogP) is 0.255.